The number of hydrogen-bond donors (Lipinski definition) is 3. The van der Waals surface area contributed by atoms with Gasteiger partial charge in [0.05, 0.1) is 6.10 Å². The van der Waals surface area contributed by atoms with E-state index in [4.69, 9.17) is 0 Å². The fourth-order valence-electron chi connectivity index (χ4n) is 3.21. The molecule has 0 bridgehead atoms. The van der Waals surface area contributed by atoms with Crippen LogP contribution in [0.25, 0.3) is 11.4 Å². The molecule has 4 rings (SSSR count). The van der Waals surface area contributed by atoms with Gasteiger partial charge < -0.3 is 10.4 Å². The molecule has 2 aromatic carbocycles. The highest BCUT2D eigenvalue weighted by molar-refractivity contribution is 5.95. The van der Waals surface area contributed by atoms with Crippen LogP contribution in [0.2, 0.25) is 0 Å². The molecule has 1 amide bonds. The van der Waals surface area contributed by atoms with Crippen LogP contribution < -0.4 is 5.32 Å². The summed E-state index contributed by atoms with van der Waals surface area (Å²) in [6.07, 6.45) is 2.68. The van der Waals surface area contributed by atoms with Gasteiger partial charge in [-0.25, -0.2) is 4.98 Å². The van der Waals surface area contributed by atoms with E-state index >= 15 is 0 Å². The molecular weight excluding hydrogens is 328 g/mol. The van der Waals surface area contributed by atoms with Gasteiger partial charge in [-0.2, -0.15) is 5.10 Å². The van der Waals surface area contributed by atoms with Crippen molar-refractivity contribution < 1.29 is 9.90 Å². The minimum atomic E-state index is -0.565. The van der Waals surface area contributed by atoms with Crippen molar-refractivity contribution in [1.82, 2.24) is 20.5 Å². The molecule has 1 aliphatic carbocycles. The molecule has 1 unspecified atom stereocenters. The van der Waals surface area contributed by atoms with Gasteiger partial charge in [0.25, 0.3) is 5.91 Å². The Morgan fingerprint density at radius 1 is 1.19 bits per heavy atom. The maximum absolute atomic E-state index is 12.6. The molecule has 6 nitrogen and oxygen atoms in total. The van der Waals surface area contributed by atoms with E-state index in [0.29, 0.717) is 17.9 Å². The molecule has 1 aromatic heterocycles. The molecular formula is C20H20N4O2. The van der Waals surface area contributed by atoms with Crippen LogP contribution in [-0.2, 0) is 0 Å². The number of H-pyrrole nitrogens is 1. The molecule has 26 heavy (non-hydrogen) atoms. The summed E-state index contributed by atoms with van der Waals surface area (Å²) in [5.41, 5.74) is 2.00. The number of hydrogen-bond acceptors (Lipinski definition) is 4. The standard InChI is InChI=1S/C20H20N4O2/c25-17(14-5-2-1-3-6-14)20(9-10-20)12-21-19(26)16-8-4-7-15(11-16)18-22-13-23-24-18/h1-8,11,13,17,25H,9-10,12H2,(H,21,26)(H,22,23,24). The summed E-state index contributed by atoms with van der Waals surface area (Å²) in [5, 5.41) is 20.3. The van der Waals surface area contributed by atoms with Crippen molar-refractivity contribution >= 4 is 5.91 Å². The van der Waals surface area contributed by atoms with Gasteiger partial charge in [0.2, 0.25) is 0 Å². The van der Waals surface area contributed by atoms with Crippen molar-refractivity contribution in [2.75, 3.05) is 6.54 Å². The molecule has 3 aromatic rings. The number of aromatic nitrogens is 3. The van der Waals surface area contributed by atoms with E-state index in [2.05, 4.69) is 20.5 Å². The molecule has 1 heterocycles. The first kappa shape index (κ1) is 16.5. The van der Waals surface area contributed by atoms with Gasteiger partial charge in [0.15, 0.2) is 5.82 Å². The van der Waals surface area contributed by atoms with Crippen LogP contribution in [0.4, 0.5) is 0 Å². The molecule has 132 valence electrons. The third kappa shape index (κ3) is 3.23. The Kier molecular flexibility index (Phi) is 4.26. The number of rotatable bonds is 6. The number of carbonyl (C=O) groups is 1. The number of nitrogens with zero attached hydrogens (tertiary/aromatic N) is 2. The number of amides is 1. The summed E-state index contributed by atoms with van der Waals surface area (Å²) in [5.74, 6) is 0.468. The second-order valence-electron chi connectivity index (χ2n) is 6.77. The van der Waals surface area contributed by atoms with Crippen LogP contribution in [0, 0.1) is 5.41 Å². The Morgan fingerprint density at radius 3 is 2.69 bits per heavy atom. The number of aliphatic hydroxyl groups is 1. The molecule has 0 radical (unpaired) electrons. The second kappa shape index (κ2) is 6.72. The summed E-state index contributed by atoms with van der Waals surface area (Å²) < 4.78 is 0. The van der Waals surface area contributed by atoms with Gasteiger partial charge in [-0.05, 0) is 30.5 Å². The molecule has 0 aliphatic heterocycles. The predicted molar refractivity (Wildman–Crippen MR) is 97.2 cm³/mol. The van der Waals surface area contributed by atoms with Gasteiger partial charge in [0.1, 0.15) is 6.33 Å². The highest BCUT2D eigenvalue weighted by atomic mass is 16.3. The maximum Gasteiger partial charge on any atom is 0.251 e. The van der Waals surface area contributed by atoms with Crippen LogP contribution in [0.3, 0.4) is 0 Å². The topological polar surface area (TPSA) is 90.9 Å². The van der Waals surface area contributed by atoms with Crippen LogP contribution in [-0.4, -0.2) is 32.7 Å². The largest absolute Gasteiger partial charge is 0.388 e. The first-order valence-electron chi connectivity index (χ1n) is 8.65. The van der Waals surface area contributed by atoms with Crippen molar-refractivity contribution in [2.24, 2.45) is 5.41 Å². The Labute approximate surface area is 151 Å². The molecule has 1 atom stereocenters. The minimum absolute atomic E-state index is 0.155. The molecule has 1 fully saturated rings. The average Bonchev–Trinajstić information content (AvgIpc) is 3.29. The summed E-state index contributed by atoms with van der Waals surface area (Å²) in [6.45, 7) is 0.453. The lowest BCUT2D eigenvalue weighted by Crippen LogP contribution is -2.33. The first-order valence-corrected chi connectivity index (χ1v) is 8.65. The third-order valence-electron chi connectivity index (χ3n) is 5.00. The monoisotopic (exact) mass is 348 g/mol. The van der Waals surface area contributed by atoms with E-state index in [1.165, 1.54) is 6.33 Å². The molecule has 1 saturated carbocycles. The molecule has 6 heteroatoms. The highest BCUT2D eigenvalue weighted by Gasteiger charge is 2.49. The Bertz CT molecular complexity index is 889. The van der Waals surface area contributed by atoms with Gasteiger partial charge in [-0.3, -0.25) is 9.89 Å². The molecule has 0 saturated heterocycles. The normalized spacial score (nSPS) is 16.0. The lowest BCUT2D eigenvalue weighted by atomic mass is 9.92. The van der Waals surface area contributed by atoms with E-state index < -0.39 is 6.10 Å². The number of aliphatic hydroxyl groups excluding tert-OH is 1. The Hall–Kier alpha value is -2.99. The first-order chi connectivity index (χ1) is 12.7. The fraction of sp³-hybridized carbons (Fsp3) is 0.250. The van der Waals surface area contributed by atoms with Crippen molar-refractivity contribution in [3.05, 3.63) is 72.1 Å². The smallest absolute Gasteiger partial charge is 0.251 e. The summed E-state index contributed by atoms with van der Waals surface area (Å²) in [4.78, 5) is 16.7. The molecule has 0 spiro atoms. The van der Waals surface area contributed by atoms with E-state index in [1.807, 2.05) is 42.5 Å². The summed E-state index contributed by atoms with van der Waals surface area (Å²) >= 11 is 0. The van der Waals surface area contributed by atoms with Gasteiger partial charge >= 0.3 is 0 Å². The zero-order chi connectivity index (χ0) is 18.0. The molecule has 3 N–H and O–H groups in total. The number of benzene rings is 2. The fourth-order valence-corrected chi connectivity index (χ4v) is 3.21. The lowest BCUT2D eigenvalue weighted by Gasteiger charge is -2.23. The third-order valence-corrected chi connectivity index (χ3v) is 5.00. The minimum Gasteiger partial charge on any atom is -0.388 e. The quantitative estimate of drug-likeness (QED) is 0.639. The van der Waals surface area contributed by atoms with E-state index in [1.54, 1.807) is 12.1 Å². The lowest BCUT2D eigenvalue weighted by molar-refractivity contribution is 0.0808. The van der Waals surface area contributed by atoms with Crippen molar-refractivity contribution in [1.29, 1.82) is 0 Å². The van der Waals surface area contributed by atoms with Gasteiger partial charge in [-0.15, -0.1) is 0 Å². The average molecular weight is 348 g/mol. The predicted octanol–water partition coefficient (Wildman–Crippen LogP) is 2.72. The zero-order valence-electron chi connectivity index (χ0n) is 14.2. The number of nitrogens with one attached hydrogen (secondary N) is 2. The number of aromatic amines is 1. The van der Waals surface area contributed by atoms with Crippen molar-refractivity contribution in [3.63, 3.8) is 0 Å². The zero-order valence-corrected chi connectivity index (χ0v) is 14.2. The SMILES string of the molecule is O=C(NCC1(C(O)c2ccccc2)CC1)c1cccc(-c2ncn[nH]2)c1. The maximum atomic E-state index is 12.6. The van der Waals surface area contributed by atoms with Crippen LogP contribution in [0.1, 0.15) is 34.9 Å². The van der Waals surface area contributed by atoms with E-state index in [0.717, 1.165) is 24.0 Å². The van der Waals surface area contributed by atoms with Gasteiger partial charge in [-0.1, -0.05) is 42.5 Å². The van der Waals surface area contributed by atoms with Crippen LogP contribution in [0.5, 0.6) is 0 Å². The summed E-state index contributed by atoms with van der Waals surface area (Å²) in [7, 11) is 0. The second-order valence-corrected chi connectivity index (χ2v) is 6.77. The summed E-state index contributed by atoms with van der Waals surface area (Å²) in [6, 6.07) is 16.9. The van der Waals surface area contributed by atoms with E-state index in [9.17, 15) is 9.90 Å². The van der Waals surface area contributed by atoms with E-state index in [-0.39, 0.29) is 11.3 Å². The van der Waals surface area contributed by atoms with Crippen LogP contribution in [0.15, 0.2) is 60.9 Å². The Morgan fingerprint density at radius 2 is 2.00 bits per heavy atom. The van der Waals surface area contributed by atoms with Gasteiger partial charge in [0, 0.05) is 23.1 Å². The van der Waals surface area contributed by atoms with Crippen molar-refractivity contribution in [2.45, 2.75) is 18.9 Å². The Balaban J connectivity index is 1.44. The highest BCUT2D eigenvalue weighted by Crippen LogP contribution is 2.54. The molecule has 1 aliphatic rings. The number of carbonyl (C=O) groups excluding carboxylic acids is 1. The van der Waals surface area contributed by atoms with Crippen molar-refractivity contribution in [3.8, 4) is 11.4 Å². The van der Waals surface area contributed by atoms with Crippen LogP contribution >= 0.6 is 0 Å².